The highest BCUT2D eigenvalue weighted by Crippen LogP contribution is 2.31. The molecule has 1 aromatic carbocycles. The number of thiophene rings is 1. The SMILES string of the molecule is C[C@@H]1Cc2ccccc2N1CC(=O)NCCc1cccs1. The van der Waals surface area contributed by atoms with Crippen LogP contribution in [0.25, 0.3) is 0 Å². The second kappa shape index (κ2) is 6.31. The molecule has 0 spiro atoms. The second-order valence-corrected chi connectivity index (χ2v) is 6.52. The third-order valence-electron chi connectivity index (χ3n) is 3.94. The number of anilines is 1. The molecule has 1 atom stereocenters. The van der Waals surface area contributed by atoms with Gasteiger partial charge in [-0.2, -0.15) is 0 Å². The maximum atomic E-state index is 12.1. The number of fused-ring (bicyclic) bond motifs is 1. The largest absolute Gasteiger partial charge is 0.359 e. The smallest absolute Gasteiger partial charge is 0.239 e. The zero-order chi connectivity index (χ0) is 14.7. The lowest BCUT2D eigenvalue weighted by molar-refractivity contribution is -0.119. The molecule has 110 valence electrons. The number of hydrogen-bond acceptors (Lipinski definition) is 3. The summed E-state index contributed by atoms with van der Waals surface area (Å²) in [6.45, 7) is 3.34. The first-order chi connectivity index (χ1) is 10.2. The van der Waals surface area contributed by atoms with Crippen LogP contribution in [0.1, 0.15) is 17.4 Å². The van der Waals surface area contributed by atoms with Crippen molar-refractivity contribution in [1.82, 2.24) is 5.32 Å². The van der Waals surface area contributed by atoms with Gasteiger partial charge in [0.25, 0.3) is 0 Å². The van der Waals surface area contributed by atoms with Crippen molar-refractivity contribution >= 4 is 22.9 Å². The van der Waals surface area contributed by atoms with Gasteiger partial charge in [0.05, 0.1) is 6.54 Å². The maximum Gasteiger partial charge on any atom is 0.239 e. The van der Waals surface area contributed by atoms with E-state index in [-0.39, 0.29) is 5.91 Å². The predicted molar refractivity (Wildman–Crippen MR) is 88.0 cm³/mol. The van der Waals surface area contributed by atoms with Crippen molar-refractivity contribution in [3.63, 3.8) is 0 Å². The van der Waals surface area contributed by atoms with Crippen LogP contribution in [0.15, 0.2) is 41.8 Å². The lowest BCUT2D eigenvalue weighted by Crippen LogP contribution is -2.40. The average Bonchev–Trinajstić information content (AvgIpc) is 3.08. The molecule has 0 saturated carbocycles. The number of nitrogens with zero attached hydrogens (tertiary/aromatic N) is 1. The summed E-state index contributed by atoms with van der Waals surface area (Å²) in [7, 11) is 0. The highest BCUT2D eigenvalue weighted by molar-refractivity contribution is 7.09. The van der Waals surface area contributed by atoms with Gasteiger partial charge in [0.1, 0.15) is 0 Å². The predicted octanol–water partition coefficient (Wildman–Crippen LogP) is 2.86. The van der Waals surface area contributed by atoms with Crippen LogP contribution in [0.5, 0.6) is 0 Å². The third-order valence-corrected chi connectivity index (χ3v) is 4.87. The van der Waals surface area contributed by atoms with Gasteiger partial charge in [0, 0.05) is 23.2 Å². The Kier molecular flexibility index (Phi) is 4.25. The molecule has 2 heterocycles. The quantitative estimate of drug-likeness (QED) is 0.921. The molecule has 0 aliphatic carbocycles. The summed E-state index contributed by atoms with van der Waals surface area (Å²) in [5.41, 5.74) is 2.55. The Labute approximate surface area is 129 Å². The maximum absolute atomic E-state index is 12.1. The number of hydrogen-bond donors (Lipinski definition) is 1. The second-order valence-electron chi connectivity index (χ2n) is 5.49. The molecule has 1 amide bonds. The first-order valence-corrected chi connectivity index (χ1v) is 8.25. The van der Waals surface area contributed by atoms with Gasteiger partial charge in [0.2, 0.25) is 5.91 Å². The summed E-state index contributed by atoms with van der Waals surface area (Å²) in [6.07, 6.45) is 1.94. The number of carbonyl (C=O) groups is 1. The number of nitrogens with one attached hydrogen (secondary N) is 1. The lowest BCUT2D eigenvalue weighted by atomic mass is 10.1. The van der Waals surface area contributed by atoms with Gasteiger partial charge < -0.3 is 10.2 Å². The monoisotopic (exact) mass is 300 g/mol. The Balaban J connectivity index is 1.53. The fraction of sp³-hybridized carbons (Fsp3) is 0.353. The normalized spacial score (nSPS) is 16.8. The average molecular weight is 300 g/mol. The zero-order valence-electron chi connectivity index (χ0n) is 12.2. The minimum atomic E-state index is 0.107. The summed E-state index contributed by atoms with van der Waals surface area (Å²) >= 11 is 1.74. The minimum Gasteiger partial charge on any atom is -0.359 e. The van der Waals surface area contributed by atoms with E-state index < -0.39 is 0 Å². The van der Waals surface area contributed by atoms with E-state index >= 15 is 0 Å². The van der Waals surface area contributed by atoms with E-state index in [0.717, 1.165) is 12.8 Å². The minimum absolute atomic E-state index is 0.107. The third kappa shape index (κ3) is 3.27. The molecule has 0 bridgehead atoms. The van der Waals surface area contributed by atoms with Crippen molar-refractivity contribution < 1.29 is 4.79 Å². The summed E-state index contributed by atoms with van der Waals surface area (Å²) in [5.74, 6) is 0.107. The Hall–Kier alpha value is -1.81. The van der Waals surface area contributed by atoms with E-state index in [1.165, 1.54) is 16.1 Å². The van der Waals surface area contributed by atoms with Crippen molar-refractivity contribution in [2.24, 2.45) is 0 Å². The molecular formula is C17H20N2OS. The van der Waals surface area contributed by atoms with Gasteiger partial charge in [-0.1, -0.05) is 24.3 Å². The molecule has 1 aliphatic rings. The summed E-state index contributed by atoms with van der Waals surface area (Å²) < 4.78 is 0. The standard InChI is InChI=1S/C17H20N2OS/c1-13-11-14-5-2-3-7-16(14)19(13)12-17(20)18-9-8-15-6-4-10-21-15/h2-7,10,13H,8-9,11-12H2,1H3,(H,18,20)/t13-/m1/s1. The van der Waals surface area contributed by atoms with Crippen LogP contribution in [0.4, 0.5) is 5.69 Å². The van der Waals surface area contributed by atoms with Crippen LogP contribution in [-0.2, 0) is 17.6 Å². The van der Waals surface area contributed by atoms with E-state index in [2.05, 4.69) is 46.8 Å². The first-order valence-electron chi connectivity index (χ1n) is 7.37. The molecule has 1 aromatic heterocycles. The zero-order valence-corrected chi connectivity index (χ0v) is 13.0. The van der Waals surface area contributed by atoms with E-state index in [1.807, 2.05) is 12.1 Å². The topological polar surface area (TPSA) is 32.3 Å². The number of rotatable bonds is 5. The lowest BCUT2D eigenvalue weighted by Gasteiger charge is -2.24. The van der Waals surface area contributed by atoms with Crippen molar-refractivity contribution in [3.05, 3.63) is 52.2 Å². The van der Waals surface area contributed by atoms with E-state index in [0.29, 0.717) is 19.1 Å². The van der Waals surface area contributed by atoms with Crippen molar-refractivity contribution in [3.8, 4) is 0 Å². The van der Waals surface area contributed by atoms with Crippen LogP contribution in [0, 0.1) is 0 Å². The van der Waals surface area contributed by atoms with E-state index in [9.17, 15) is 4.79 Å². The molecule has 4 heteroatoms. The number of amides is 1. The Bertz CT molecular complexity index is 609. The number of carbonyl (C=O) groups excluding carboxylic acids is 1. The molecule has 3 rings (SSSR count). The van der Waals surface area contributed by atoms with Gasteiger partial charge in [-0.3, -0.25) is 4.79 Å². The molecule has 1 N–H and O–H groups in total. The van der Waals surface area contributed by atoms with Crippen LogP contribution >= 0.6 is 11.3 Å². The van der Waals surface area contributed by atoms with Crippen molar-refractivity contribution in [1.29, 1.82) is 0 Å². The molecular weight excluding hydrogens is 280 g/mol. The van der Waals surface area contributed by atoms with Crippen LogP contribution in [-0.4, -0.2) is 25.0 Å². The molecule has 0 radical (unpaired) electrons. The van der Waals surface area contributed by atoms with Gasteiger partial charge >= 0.3 is 0 Å². The Morgan fingerprint density at radius 1 is 1.33 bits per heavy atom. The van der Waals surface area contributed by atoms with Crippen molar-refractivity contribution in [2.45, 2.75) is 25.8 Å². The van der Waals surface area contributed by atoms with Crippen LogP contribution in [0.3, 0.4) is 0 Å². The van der Waals surface area contributed by atoms with E-state index in [4.69, 9.17) is 0 Å². The Morgan fingerprint density at radius 3 is 3.00 bits per heavy atom. The molecule has 0 fully saturated rings. The molecule has 2 aromatic rings. The molecule has 1 aliphatic heterocycles. The Morgan fingerprint density at radius 2 is 2.19 bits per heavy atom. The molecule has 3 nitrogen and oxygen atoms in total. The first kappa shape index (κ1) is 14.1. The molecule has 0 saturated heterocycles. The summed E-state index contributed by atoms with van der Waals surface area (Å²) in [5, 5.41) is 5.09. The summed E-state index contributed by atoms with van der Waals surface area (Å²) in [4.78, 5) is 15.7. The number of para-hydroxylation sites is 1. The van der Waals surface area contributed by atoms with E-state index in [1.54, 1.807) is 11.3 Å². The molecule has 21 heavy (non-hydrogen) atoms. The van der Waals surface area contributed by atoms with Gasteiger partial charge in [0.15, 0.2) is 0 Å². The summed E-state index contributed by atoms with van der Waals surface area (Å²) in [6, 6.07) is 12.9. The molecule has 0 unspecified atom stereocenters. The highest BCUT2D eigenvalue weighted by Gasteiger charge is 2.26. The van der Waals surface area contributed by atoms with Crippen LogP contribution < -0.4 is 10.2 Å². The van der Waals surface area contributed by atoms with Gasteiger partial charge in [-0.05, 0) is 42.8 Å². The fourth-order valence-electron chi connectivity index (χ4n) is 2.86. The number of benzene rings is 1. The highest BCUT2D eigenvalue weighted by atomic mass is 32.1. The van der Waals surface area contributed by atoms with Gasteiger partial charge in [-0.25, -0.2) is 0 Å². The van der Waals surface area contributed by atoms with Crippen molar-refractivity contribution in [2.75, 3.05) is 18.0 Å². The van der Waals surface area contributed by atoms with Crippen LogP contribution in [0.2, 0.25) is 0 Å². The fourth-order valence-corrected chi connectivity index (χ4v) is 3.57. The van der Waals surface area contributed by atoms with Gasteiger partial charge in [-0.15, -0.1) is 11.3 Å².